The van der Waals surface area contributed by atoms with Gasteiger partial charge in [0.25, 0.3) is 0 Å². The molecule has 0 aromatic heterocycles. The number of hydrogen-bond acceptors (Lipinski definition) is 1. The van der Waals surface area contributed by atoms with E-state index in [0.29, 0.717) is 0 Å². The average molecular weight is 181 g/mol. The number of nitrogens with one attached hydrogen (secondary N) is 1. The van der Waals surface area contributed by atoms with Crippen LogP contribution in [0.25, 0.3) is 0 Å². The van der Waals surface area contributed by atoms with E-state index in [1.807, 2.05) is 0 Å². The highest BCUT2D eigenvalue weighted by atomic mass is 14.8. The number of hydrogen-bond donors (Lipinski definition) is 1. The molecule has 0 spiro atoms. The van der Waals surface area contributed by atoms with Crippen molar-refractivity contribution in [3.05, 3.63) is 11.6 Å². The van der Waals surface area contributed by atoms with Gasteiger partial charge in [0, 0.05) is 6.54 Å². The SMILES string of the molecule is CCCCCNCC1=CCCCC1. The second-order valence-electron chi connectivity index (χ2n) is 3.99. The van der Waals surface area contributed by atoms with Crippen molar-refractivity contribution in [1.29, 1.82) is 0 Å². The van der Waals surface area contributed by atoms with E-state index >= 15 is 0 Å². The molecule has 1 heteroatoms. The standard InChI is InChI=1S/C12H23N/c1-2-3-7-10-13-11-12-8-5-4-6-9-12/h8,13H,2-7,9-11H2,1H3. The van der Waals surface area contributed by atoms with Crippen molar-refractivity contribution in [2.24, 2.45) is 0 Å². The monoisotopic (exact) mass is 181 g/mol. The van der Waals surface area contributed by atoms with E-state index in [0.717, 1.165) is 6.54 Å². The van der Waals surface area contributed by atoms with Gasteiger partial charge in [0.2, 0.25) is 0 Å². The van der Waals surface area contributed by atoms with Crippen molar-refractivity contribution in [2.45, 2.75) is 51.9 Å². The van der Waals surface area contributed by atoms with E-state index in [4.69, 9.17) is 0 Å². The molecule has 13 heavy (non-hydrogen) atoms. The van der Waals surface area contributed by atoms with Gasteiger partial charge in [0.15, 0.2) is 0 Å². The summed E-state index contributed by atoms with van der Waals surface area (Å²) in [5, 5.41) is 3.52. The lowest BCUT2D eigenvalue weighted by Crippen LogP contribution is -2.19. The molecule has 1 rings (SSSR count). The number of rotatable bonds is 6. The third-order valence-electron chi connectivity index (χ3n) is 2.69. The van der Waals surface area contributed by atoms with Gasteiger partial charge in [0.1, 0.15) is 0 Å². The lowest BCUT2D eigenvalue weighted by molar-refractivity contribution is 0.612. The number of unbranched alkanes of at least 4 members (excludes halogenated alkanes) is 2. The summed E-state index contributed by atoms with van der Waals surface area (Å²) in [5.41, 5.74) is 1.64. The molecule has 76 valence electrons. The highest BCUT2D eigenvalue weighted by Crippen LogP contribution is 2.16. The van der Waals surface area contributed by atoms with Gasteiger partial charge >= 0.3 is 0 Å². The second kappa shape index (κ2) is 7.14. The molecular weight excluding hydrogens is 158 g/mol. The molecule has 0 fully saturated rings. The van der Waals surface area contributed by atoms with Gasteiger partial charge in [-0.2, -0.15) is 0 Å². The Labute approximate surface area is 82.6 Å². The fourth-order valence-electron chi connectivity index (χ4n) is 1.81. The van der Waals surface area contributed by atoms with Crippen LogP contribution >= 0.6 is 0 Å². The van der Waals surface area contributed by atoms with Gasteiger partial charge in [-0.25, -0.2) is 0 Å². The first-order chi connectivity index (χ1) is 6.43. The van der Waals surface area contributed by atoms with Crippen LogP contribution < -0.4 is 5.32 Å². The predicted molar refractivity (Wildman–Crippen MR) is 58.9 cm³/mol. The van der Waals surface area contributed by atoms with E-state index in [-0.39, 0.29) is 0 Å². The zero-order valence-electron chi connectivity index (χ0n) is 8.94. The maximum atomic E-state index is 3.52. The Morgan fingerprint density at radius 3 is 2.92 bits per heavy atom. The quantitative estimate of drug-likeness (QED) is 0.490. The predicted octanol–water partition coefficient (Wildman–Crippen LogP) is 3.27. The molecule has 0 aliphatic heterocycles. The molecule has 0 aromatic rings. The summed E-state index contributed by atoms with van der Waals surface area (Å²) in [6, 6.07) is 0. The molecule has 0 saturated carbocycles. The van der Waals surface area contributed by atoms with Crippen LogP contribution in [0, 0.1) is 0 Å². The van der Waals surface area contributed by atoms with Crippen molar-refractivity contribution in [1.82, 2.24) is 5.32 Å². The van der Waals surface area contributed by atoms with Gasteiger partial charge in [0.05, 0.1) is 0 Å². The molecule has 0 bridgehead atoms. The highest BCUT2D eigenvalue weighted by molar-refractivity contribution is 5.06. The first-order valence-corrected chi connectivity index (χ1v) is 5.82. The highest BCUT2D eigenvalue weighted by Gasteiger charge is 2.01. The van der Waals surface area contributed by atoms with Crippen molar-refractivity contribution in [3.8, 4) is 0 Å². The van der Waals surface area contributed by atoms with E-state index < -0.39 is 0 Å². The molecule has 0 heterocycles. The molecule has 1 aliphatic rings. The summed E-state index contributed by atoms with van der Waals surface area (Å²) in [6.45, 7) is 4.60. The molecule has 0 saturated heterocycles. The Hall–Kier alpha value is -0.300. The molecule has 0 amide bonds. The molecule has 1 nitrogen and oxygen atoms in total. The Balaban J connectivity index is 1.95. The molecule has 0 unspecified atom stereocenters. The average Bonchev–Trinajstić information content (AvgIpc) is 2.19. The van der Waals surface area contributed by atoms with E-state index in [9.17, 15) is 0 Å². The summed E-state index contributed by atoms with van der Waals surface area (Å²) in [6.07, 6.45) is 11.9. The van der Waals surface area contributed by atoms with E-state index in [1.165, 1.54) is 51.5 Å². The molecular formula is C12H23N. The summed E-state index contributed by atoms with van der Waals surface area (Å²) in [5.74, 6) is 0. The molecule has 0 atom stereocenters. The summed E-state index contributed by atoms with van der Waals surface area (Å²) in [4.78, 5) is 0. The zero-order chi connectivity index (χ0) is 9.36. The van der Waals surface area contributed by atoms with Crippen molar-refractivity contribution < 1.29 is 0 Å². The van der Waals surface area contributed by atoms with Crippen LogP contribution in [0.1, 0.15) is 51.9 Å². The summed E-state index contributed by atoms with van der Waals surface area (Å²) < 4.78 is 0. The molecule has 0 aromatic carbocycles. The first kappa shape index (κ1) is 10.8. The summed E-state index contributed by atoms with van der Waals surface area (Å²) >= 11 is 0. The van der Waals surface area contributed by atoms with Crippen LogP contribution in [0.2, 0.25) is 0 Å². The maximum absolute atomic E-state index is 3.52. The smallest absolute Gasteiger partial charge is 0.0164 e. The molecule has 1 aliphatic carbocycles. The van der Waals surface area contributed by atoms with Crippen LogP contribution in [0.3, 0.4) is 0 Å². The van der Waals surface area contributed by atoms with Crippen LogP contribution in [0.4, 0.5) is 0 Å². The van der Waals surface area contributed by atoms with Crippen LogP contribution in [-0.2, 0) is 0 Å². The van der Waals surface area contributed by atoms with E-state index in [2.05, 4.69) is 18.3 Å². The largest absolute Gasteiger partial charge is 0.313 e. The van der Waals surface area contributed by atoms with Crippen molar-refractivity contribution >= 4 is 0 Å². The molecule has 0 radical (unpaired) electrons. The fourth-order valence-corrected chi connectivity index (χ4v) is 1.81. The first-order valence-electron chi connectivity index (χ1n) is 5.82. The van der Waals surface area contributed by atoms with Crippen LogP contribution in [0.5, 0.6) is 0 Å². The van der Waals surface area contributed by atoms with Gasteiger partial charge in [-0.05, 0) is 38.6 Å². The Bertz CT molecular complexity index is 149. The van der Waals surface area contributed by atoms with Gasteiger partial charge in [-0.15, -0.1) is 0 Å². The number of allylic oxidation sites excluding steroid dienone is 1. The Morgan fingerprint density at radius 2 is 2.23 bits per heavy atom. The Morgan fingerprint density at radius 1 is 1.31 bits per heavy atom. The van der Waals surface area contributed by atoms with Gasteiger partial charge in [-0.3, -0.25) is 0 Å². The van der Waals surface area contributed by atoms with Crippen LogP contribution in [0.15, 0.2) is 11.6 Å². The van der Waals surface area contributed by atoms with Crippen molar-refractivity contribution in [3.63, 3.8) is 0 Å². The molecule has 1 N–H and O–H groups in total. The Kier molecular flexibility index (Phi) is 5.92. The zero-order valence-corrected chi connectivity index (χ0v) is 8.94. The maximum Gasteiger partial charge on any atom is 0.0164 e. The van der Waals surface area contributed by atoms with E-state index in [1.54, 1.807) is 5.57 Å². The van der Waals surface area contributed by atoms with Crippen LogP contribution in [-0.4, -0.2) is 13.1 Å². The minimum absolute atomic E-state index is 1.14. The lowest BCUT2D eigenvalue weighted by atomic mass is 10.00. The summed E-state index contributed by atoms with van der Waals surface area (Å²) in [7, 11) is 0. The minimum Gasteiger partial charge on any atom is -0.313 e. The van der Waals surface area contributed by atoms with Gasteiger partial charge in [-0.1, -0.05) is 31.4 Å². The van der Waals surface area contributed by atoms with Crippen molar-refractivity contribution in [2.75, 3.05) is 13.1 Å². The third-order valence-corrected chi connectivity index (χ3v) is 2.69. The fraction of sp³-hybridized carbons (Fsp3) is 0.833. The minimum atomic E-state index is 1.14. The van der Waals surface area contributed by atoms with Gasteiger partial charge < -0.3 is 5.32 Å². The lowest BCUT2D eigenvalue weighted by Gasteiger charge is -2.13. The normalized spacial score (nSPS) is 17.2. The topological polar surface area (TPSA) is 12.0 Å². The third kappa shape index (κ3) is 5.09. The second-order valence-corrected chi connectivity index (χ2v) is 3.99.